The molecular weight excluding hydrogens is 238 g/mol. The third kappa shape index (κ3) is 4.61. The Kier molecular flexibility index (Phi) is 5.92. The normalized spacial score (nSPS) is 12.9. The number of aromatic nitrogens is 1. The van der Waals surface area contributed by atoms with Crippen molar-refractivity contribution in [3.8, 4) is 0 Å². The molecule has 0 aliphatic heterocycles. The molecule has 0 spiro atoms. The highest BCUT2D eigenvalue weighted by molar-refractivity contribution is 5.94. The van der Waals surface area contributed by atoms with Crippen molar-refractivity contribution in [1.82, 2.24) is 14.8 Å². The zero-order valence-corrected chi connectivity index (χ0v) is 12.3. The molecule has 19 heavy (non-hydrogen) atoms. The number of nitrogens with two attached hydrogens (primary N) is 1. The lowest BCUT2D eigenvalue weighted by atomic mass is 10.1. The minimum atomic E-state index is 0.0342. The van der Waals surface area contributed by atoms with E-state index in [-0.39, 0.29) is 5.84 Å². The standard InChI is InChI=1S/C14H25N5/c1-5-19(11(2)9-18(3)4)10-12-7-6-8-17-13(12)14(15)16/h6-8,11H,5,9-10H2,1-4H3,(H3,15,16). The fourth-order valence-electron chi connectivity index (χ4n) is 2.25. The highest BCUT2D eigenvalue weighted by atomic mass is 15.2. The Bertz CT molecular complexity index is 416. The third-order valence-corrected chi connectivity index (χ3v) is 3.18. The molecule has 5 heteroatoms. The summed E-state index contributed by atoms with van der Waals surface area (Å²) in [4.78, 5) is 8.75. The van der Waals surface area contributed by atoms with Gasteiger partial charge < -0.3 is 10.6 Å². The van der Waals surface area contributed by atoms with Crippen molar-refractivity contribution in [3.05, 3.63) is 29.6 Å². The van der Waals surface area contributed by atoms with E-state index in [9.17, 15) is 0 Å². The molecule has 0 aliphatic carbocycles. The lowest BCUT2D eigenvalue weighted by Crippen LogP contribution is -2.40. The maximum absolute atomic E-state index is 7.59. The molecule has 0 saturated carbocycles. The van der Waals surface area contributed by atoms with Gasteiger partial charge in [-0.2, -0.15) is 0 Å². The van der Waals surface area contributed by atoms with Gasteiger partial charge >= 0.3 is 0 Å². The van der Waals surface area contributed by atoms with Crippen molar-refractivity contribution < 1.29 is 0 Å². The second kappa shape index (κ2) is 7.21. The zero-order chi connectivity index (χ0) is 14.4. The van der Waals surface area contributed by atoms with E-state index in [2.05, 4.69) is 42.7 Å². The van der Waals surface area contributed by atoms with Crippen LogP contribution >= 0.6 is 0 Å². The SMILES string of the molecule is CCN(Cc1cccnc1C(=N)N)C(C)CN(C)C. The average molecular weight is 263 g/mol. The lowest BCUT2D eigenvalue weighted by Gasteiger charge is -2.30. The predicted octanol–water partition coefficient (Wildman–Crippen LogP) is 1.14. The Morgan fingerprint density at radius 3 is 2.68 bits per heavy atom. The first-order valence-electron chi connectivity index (χ1n) is 6.62. The van der Waals surface area contributed by atoms with Gasteiger partial charge in [-0.25, -0.2) is 0 Å². The zero-order valence-electron chi connectivity index (χ0n) is 12.3. The van der Waals surface area contributed by atoms with Crippen LogP contribution in [0.2, 0.25) is 0 Å². The summed E-state index contributed by atoms with van der Waals surface area (Å²) in [5.41, 5.74) is 7.19. The Labute approximate surface area is 115 Å². The van der Waals surface area contributed by atoms with Gasteiger partial charge in [0.05, 0.1) is 0 Å². The molecule has 3 N–H and O–H groups in total. The highest BCUT2D eigenvalue weighted by Crippen LogP contribution is 2.11. The predicted molar refractivity (Wildman–Crippen MR) is 79.4 cm³/mol. The summed E-state index contributed by atoms with van der Waals surface area (Å²) in [6, 6.07) is 4.33. The molecule has 0 fully saturated rings. The van der Waals surface area contributed by atoms with Crippen molar-refractivity contribution in [2.45, 2.75) is 26.4 Å². The van der Waals surface area contributed by atoms with Crippen LogP contribution < -0.4 is 5.73 Å². The maximum Gasteiger partial charge on any atom is 0.142 e. The molecule has 0 bridgehead atoms. The number of likely N-dealkylation sites (N-methyl/N-ethyl adjacent to an activating group) is 2. The summed E-state index contributed by atoms with van der Waals surface area (Å²) in [7, 11) is 4.16. The van der Waals surface area contributed by atoms with E-state index in [4.69, 9.17) is 11.1 Å². The molecule has 0 radical (unpaired) electrons. The number of pyridine rings is 1. The molecule has 0 aliphatic rings. The molecule has 106 valence electrons. The molecule has 1 heterocycles. The number of amidine groups is 1. The van der Waals surface area contributed by atoms with Gasteiger partial charge in [0.1, 0.15) is 11.5 Å². The van der Waals surface area contributed by atoms with E-state index in [0.29, 0.717) is 11.7 Å². The van der Waals surface area contributed by atoms with E-state index in [0.717, 1.165) is 25.2 Å². The van der Waals surface area contributed by atoms with Gasteiger partial charge in [-0.1, -0.05) is 13.0 Å². The minimum absolute atomic E-state index is 0.0342. The van der Waals surface area contributed by atoms with E-state index in [1.54, 1.807) is 6.20 Å². The van der Waals surface area contributed by atoms with Crippen LogP contribution in [0.5, 0.6) is 0 Å². The second-order valence-electron chi connectivity index (χ2n) is 5.10. The van der Waals surface area contributed by atoms with E-state index >= 15 is 0 Å². The van der Waals surface area contributed by atoms with Crippen LogP contribution in [0, 0.1) is 5.41 Å². The largest absolute Gasteiger partial charge is 0.382 e. The molecule has 5 nitrogen and oxygen atoms in total. The number of nitrogens with zero attached hydrogens (tertiary/aromatic N) is 3. The summed E-state index contributed by atoms with van der Waals surface area (Å²) in [5.74, 6) is 0.0342. The van der Waals surface area contributed by atoms with Gasteiger partial charge in [-0.05, 0) is 39.2 Å². The van der Waals surface area contributed by atoms with Crippen molar-refractivity contribution >= 4 is 5.84 Å². The van der Waals surface area contributed by atoms with E-state index < -0.39 is 0 Å². The quantitative estimate of drug-likeness (QED) is 0.572. The van der Waals surface area contributed by atoms with Crippen molar-refractivity contribution in [3.63, 3.8) is 0 Å². The second-order valence-corrected chi connectivity index (χ2v) is 5.10. The van der Waals surface area contributed by atoms with Gasteiger partial charge in [0, 0.05) is 25.3 Å². The van der Waals surface area contributed by atoms with E-state index in [1.165, 1.54) is 0 Å². The molecule has 1 unspecified atom stereocenters. The van der Waals surface area contributed by atoms with Gasteiger partial charge in [-0.15, -0.1) is 0 Å². The maximum atomic E-state index is 7.59. The van der Waals surface area contributed by atoms with Gasteiger partial charge in [0.25, 0.3) is 0 Å². The van der Waals surface area contributed by atoms with Crippen LogP contribution in [0.4, 0.5) is 0 Å². The first kappa shape index (κ1) is 15.6. The number of hydrogen-bond donors (Lipinski definition) is 2. The number of rotatable bonds is 7. The fraction of sp³-hybridized carbons (Fsp3) is 0.571. The molecule has 0 amide bonds. The monoisotopic (exact) mass is 263 g/mol. The van der Waals surface area contributed by atoms with Gasteiger partial charge in [0.2, 0.25) is 0 Å². The summed E-state index contributed by atoms with van der Waals surface area (Å²) in [5, 5.41) is 7.59. The van der Waals surface area contributed by atoms with Crippen molar-refractivity contribution in [2.75, 3.05) is 27.2 Å². The van der Waals surface area contributed by atoms with Crippen LogP contribution in [-0.2, 0) is 6.54 Å². The Morgan fingerprint density at radius 2 is 2.16 bits per heavy atom. The third-order valence-electron chi connectivity index (χ3n) is 3.18. The van der Waals surface area contributed by atoms with Crippen LogP contribution in [0.1, 0.15) is 25.1 Å². The average Bonchev–Trinajstić information content (AvgIpc) is 2.35. The topological polar surface area (TPSA) is 69.2 Å². The summed E-state index contributed by atoms with van der Waals surface area (Å²) < 4.78 is 0. The summed E-state index contributed by atoms with van der Waals surface area (Å²) in [6.45, 7) is 7.10. The molecule has 1 rings (SSSR count). The van der Waals surface area contributed by atoms with Gasteiger partial charge in [-0.3, -0.25) is 15.3 Å². The van der Waals surface area contributed by atoms with Crippen LogP contribution in [0.25, 0.3) is 0 Å². The highest BCUT2D eigenvalue weighted by Gasteiger charge is 2.16. The Balaban J connectivity index is 2.84. The lowest BCUT2D eigenvalue weighted by molar-refractivity contribution is 0.174. The van der Waals surface area contributed by atoms with E-state index in [1.807, 2.05) is 12.1 Å². The number of nitrogens with one attached hydrogen (secondary N) is 1. The first-order chi connectivity index (χ1) is 8.95. The summed E-state index contributed by atoms with van der Waals surface area (Å²) >= 11 is 0. The minimum Gasteiger partial charge on any atom is -0.382 e. The Hall–Kier alpha value is -1.46. The molecule has 1 aromatic heterocycles. The van der Waals surface area contributed by atoms with Gasteiger partial charge in [0.15, 0.2) is 0 Å². The smallest absolute Gasteiger partial charge is 0.142 e. The fourth-order valence-corrected chi connectivity index (χ4v) is 2.25. The first-order valence-corrected chi connectivity index (χ1v) is 6.62. The summed E-state index contributed by atoms with van der Waals surface area (Å²) in [6.07, 6.45) is 1.68. The number of nitrogen functional groups attached to an aromatic ring is 1. The molecule has 1 atom stereocenters. The Morgan fingerprint density at radius 1 is 1.47 bits per heavy atom. The van der Waals surface area contributed by atoms with Crippen LogP contribution in [-0.4, -0.2) is 53.8 Å². The molecular formula is C14H25N5. The van der Waals surface area contributed by atoms with Crippen LogP contribution in [0.3, 0.4) is 0 Å². The number of hydrogen-bond acceptors (Lipinski definition) is 4. The molecule has 1 aromatic rings. The molecule has 0 saturated heterocycles. The van der Waals surface area contributed by atoms with Crippen LogP contribution in [0.15, 0.2) is 18.3 Å². The molecule has 0 aromatic carbocycles. The van der Waals surface area contributed by atoms with Crippen molar-refractivity contribution in [2.24, 2.45) is 5.73 Å². The van der Waals surface area contributed by atoms with Crippen molar-refractivity contribution in [1.29, 1.82) is 5.41 Å².